The second-order valence-electron chi connectivity index (χ2n) is 6.27. The summed E-state index contributed by atoms with van der Waals surface area (Å²) >= 11 is 6.38. The van der Waals surface area contributed by atoms with E-state index in [1.807, 2.05) is 28.9 Å². The highest BCUT2D eigenvalue weighted by atomic mass is 35.5. The third kappa shape index (κ3) is 2.31. The number of fused-ring (bicyclic) bond motifs is 3. The first-order valence-electron chi connectivity index (χ1n) is 8.53. The standard InChI is InChI=1S/C23H15ClN2/c24-18-11-12-19-20(15-18)22(16-7-3-1-4-8-16)23(17-9-5-2-6-10-17)26-21(19)13-14-25-26/h1-15H. The Morgan fingerprint density at radius 2 is 1.38 bits per heavy atom. The lowest BCUT2D eigenvalue weighted by molar-refractivity contribution is 0.976. The van der Waals surface area contributed by atoms with Crippen LogP contribution in [-0.2, 0) is 0 Å². The smallest absolute Gasteiger partial charge is 0.0809 e. The molecular formula is C23H15ClN2. The van der Waals surface area contributed by atoms with Gasteiger partial charge in [0.25, 0.3) is 0 Å². The van der Waals surface area contributed by atoms with Gasteiger partial charge in [0, 0.05) is 21.5 Å². The first kappa shape index (κ1) is 15.2. The molecule has 0 unspecified atom stereocenters. The average Bonchev–Trinajstić information content (AvgIpc) is 3.17. The summed E-state index contributed by atoms with van der Waals surface area (Å²) in [6.07, 6.45) is 1.85. The number of halogens is 1. The van der Waals surface area contributed by atoms with Gasteiger partial charge in [0.05, 0.1) is 17.4 Å². The molecule has 3 aromatic carbocycles. The van der Waals surface area contributed by atoms with Crippen LogP contribution in [0.2, 0.25) is 5.02 Å². The molecule has 2 heterocycles. The quantitative estimate of drug-likeness (QED) is 0.355. The molecule has 0 saturated heterocycles. The maximum Gasteiger partial charge on any atom is 0.0809 e. The van der Waals surface area contributed by atoms with Gasteiger partial charge in [0.2, 0.25) is 0 Å². The molecular weight excluding hydrogens is 340 g/mol. The van der Waals surface area contributed by atoms with Gasteiger partial charge in [0.1, 0.15) is 0 Å². The lowest BCUT2D eigenvalue weighted by Crippen LogP contribution is -1.99. The van der Waals surface area contributed by atoms with Crippen molar-refractivity contribution in [2.24, 2.45) is 0 Å². The molecule has 0 bridgehead atoms. The van der Waals surface area contributed by atoms with Gasteiger partial charge < -0.3 is 0 Å². The predicted molar refractivity (Wildman–Crippen MR) is 109 cm³/mol. The molecule has 0 saturated carbocycles. The third-order valence-electron chi connectivity index (χ3n) is 4.73. The summed E-state index contributed by atoms with van der Waals surface area (Å²) < 4.78 is 2.04. The van der Waals surface area contributed by atoms with Gasteiger partial charge in [-0.1, -0.05) is 78.3 Å². The zero-order valence-electron chi connectivity index (χ0n) is 13.9. The van der Waals surface area contributed by atoms with E-state index in [1.54, 1.807) is 0 Å². The number of rotatable bonds is 2. The maximum absolute atomic E-state index is 6.38. The van der Waals surface area contributed by atoms with Crippen molar-refractivity contribution in [1.29, 1.82) is 0 Å². The van der Waals surface area contributed by atoms with Gasteiger partial charge in [-0.3, -0.25) is 0 Å². The summed E-state index contributed by atoms with van der Waals surface area (Å²) in [4.78, 5) is 0. The van der Waals surface area contributed by atoms with Crippen molar-refractivity contribution in [3.8, 4) is 22.4 Å². The molecule has 0 atom stereocenters. The van der Waals surface area contributed by atoms with Crippen LogP contribution < -0.4 is 0 Å². The third-order valence-corrected chi connectivity index (χ3v) is 4.96. The highest BCUT2D eigenvalue weighted by molar-refractivity contribution is 6.32. The minimum absolute atomic E-state index is 0.734. The van der Waals surface area contributed by atoms with E-state index in [0.29, 0.717) is 0 Å². The van der Waals surface area contributed by atoms with Crippen LogP contribution >= 0.6 is 11.6 Å². The highest BCUT2D eigenvalue weighted by Gasteiger charge is 2.18. The molecule has 0 aliphatic rings. The fraction of sp³-hybridized carbons (Fsp3) is 0. The SMILES string of the molecule is Clc1ccc2c(c1)c(-c1ccccc1)c(-c1ccccc1)n1nccc21. The zero-order valence-corrected chi connectivity index (χ0v) is 14.7. The van der Waals surface area contributed by atoms with Crippen molar-refractivity contribution in [2.45, 2.75) is 0 Å². The molecule has 5 aromatic rings. The normalized spacial score (nSPS) is 11.3. The molecule has 0 fully saturated rings. The van der Waals surface area contributed by atoms with Crippen LogP contribution in [0.1, 0.15) is 0 Å². The van der Waals surface area contributed by atoms with Crippen molar-refractivity contribution < 1.29 is 0 Å². The molecule has 0 radical (unpaired) electrons. The van der Waals surface area contributed by atoms with Crippen LogP contribution in [-0.4, -0.2) is 9.61 Å². The molecule has 2 nitrogen and oxygen atoms in total. The van der Waals surface area contributed by atoms with E-state index in [-0.39, 0.29) is 0 Å². The summed E-state index contributed by atoms with van der Waals surface area (Å²) in [5, 5.41) is 7.65. The number of nitrogens with zero attached hydrogens (tertiary/aromatic N) is 2. The second kappa shape index (κ2) is 6.01. The van der Waals surface area contributed by atoms with Crippen LogP contribution in [0, 0.1) is 0 Å². The Labute approximate surface area is 156 Å². The predicted octanol–water partition coefficient (Wildman–Crippen LogP) is 6.47. The van der Waals surface area contributed by atoms with E-state index in [2.05, 4.69) is 71.8 Å². The van der Waals surface area contributed by atoms with Crippen LogP contribution in [0.4, 0.5) is 0 Å². The van der Waals surface area contributed by atoms with Gasteiger partial charge in [-0.25, -0.2) is 4.52 Å². The van der Waals surface area contributed by atoms with Gasteiger partial charge in [-0.2, -0.15) is 5.10 Å². The molecule has 26 heavy (non-hydrogen) atoms. The van der Waals surface area contributed by atoms with Crippen LogP contribution in [0.15, 0.2) is 91.1 Å². The fourth-order valence-electron chi connectivity index (χ4n) is 3.63. The van der Waals surface area contributed by atoms with Gasteiger partial charge >= 0.3 is 0 Å². The summed E-state index contributed by atoms with van der Waals surface area (Å²) in [6, 6.07) is 29.0. The van der Waals surface area contributed by atoms with Crippen LogP contribution in [0.5, 0.6) is 0 Å². The van der Waals surface area contributed by atoms with Gasteiger partial charge in [-0.05, 0) is 29.1 Å². The monoisotopic (exact) mass is 354 g/mol. The van der Waals surface area contributed by atoms with E-state index in [0.717, 1.165) is 43.7 Å². The first-order valence-corrected chi connectivity index (χ1v) is 8.90. The lowest BCUT2D eigenvalue weighted by Gasteiger charge is -2.17. The Bertz CT molecular complexity index is 1230. The maximum atomic E-state index is 6.38. The van der Waals surface area contributed by atoms with Gasteiger partial charge in [0.15, 0.2) is 0 Å². The Balaban J connectivity index is 2.05. The number of hydrogen-bond acceptors (Lipinski definition) is 1. The van der Waals surface area contributed by atoms with Crippen molar-refractivity contribution in [1.82, 2.24) is 9.61 Å². The van der Waals surface area contributed by atoms with E-state index >= 15 is 0 Å². The Hall–Kier alpha value is -3.10. The molecule has 0 amide bonds. The lowest BCUT2D eigenvalue weighted by atomic mass is 9.93. The fourth-order valence-corrected chi connectivity index (χ4v) is 3.80. The molecule has 5 rings (SSSR count). The summed E-state index contributed by atoms with van der Waals surface area (Å²) in [6.45, 7) is 0. The molecule has 0 N–H and O–H groups in total. The van der Waals surface area contributed by atoms with Crippen molar-refractivity contribution in [2.75, 3.05) is 0 Å². The Morgan fingerprint density at radius 3 is 2.12 bits per heavy atom. The Morgan fingerprint density at radius 1 is 0.692 bits per heavy atom. The van der Waals surface area contributed by atoms with Crippen molar-refractivity contribution in [3.05, 3.63) is 96.1 Å². The van der Waals surface area contributed by atoms with E-state index in [9.17, 15) is 0 Å². The summed E-state index contributed by atoms with van der Waals surface area (Å²) in [5.74, 6) is 0. The van der Waals surface area contributed by atoms with Crippen LogP contribution in [0.3, 0.4) is 0 Å². The highest BCUT2D eigenvalue weighted by Crippen LogP contribution is 2.40. The van der Waals surface area contributed by atoms with E-state index in [4.69, 9.17) is 11.6 Å². The molecule has 3 heteroatoms. The van der Waals surface area contributed by atoms with Crippen molar-refractivity contribution in [3.63, 3.8) is 0 Å². The van der Waals surface area contributed by atoms with Crippen LogP contribution in [0.25, 0.3) is 38.7 Å². The summed E-state index contributed by atoms with van der Waals surface area (Å²) in [7, 11) is 0. The molecule has 0 aliphatic heterocycles. The number of pyridine rings is 1. The van der Waals surface area contributed by atoms with Gasteiger partial charge in [-0.15, -0.1) is 0 Å². The molecule has 2 aromatic heterocycles. The summed E-state index contributed by atoms with van der Waals surface area (Å²) in [5.41, 5.74) is 5.57. The topological polar surface area (TPSA) is 17.3 Å². The van der Waals surface area contributed by atoms with E-state index in [1.165, 1.54) is 0 Å². The molecule has 0 spiro atoms. The average molecular weight is 355 g/mol. The Kier molecular flexibility index (Phi) is 3.51. The first-order chi connectivity index (χ1) is 12.8. The second-order valence-corrected chi connectivity index (χ2v) is 6.71. The van der Waals surface area contributed by atoms with Crippen molar-refractivity contribution >= 4 is 27.9 Å². The number of aromatic nitrogens is 2. The molecule has 124 valence electrons. The minimum Gasteiger partial charge on any atom is -0.232 e. The zero-order chi connectivity index (χ0) is 17.5. The number of hydrogen-bond donors (Lipinski definition) is 0. The minimum atomic E-state index is 0.734. The molecule has 0 aliphatic carbocycles. The van der Waals surface area contributed by atoms with E-state index < -0.39 is 0 Å². The largest absolute Gasteiger partial charge is 0.232 e. The number of benzene rings is 3.